The van der Waals surface area contributed by atoms with E-state index in [1.807, 2.05) is 121 Å². The van der Waals surface area contributed by atoms with Gasteiger partial charge < -0.3 is 33.2 Å². The van der Waals surface area contributed by atoms with Gasteiger partial charge in [0.1, 0.15) is 18.3 Å². The molecule has 54 heavy (non-hydrogen) atoms. The van der Waals surface area contributed by atoms with Crippen molar-refractivity contribution in [3.05, 3.63) is 179 Å². The largest absolute Gasteiger partial charge is 0.446 e. The molecule has 1 fully saturated rings. The summed E-state index contributed by atoms with van der Waals surface area (Å²) < 4.78 is 43.6. The van der Waals surface area contributed by atoms with Gasteiger partial charge in [0.05, 0.1) is 26.4 Å². The zero-order valence-corrected chi connectivity index (χ0v) is 29.8. The van der Waals surface area contributed by atoms with Crippen LogP contribution in [0.5, 0.6) is 0 Å². The Kier molecular flexibility index (Phi) is 13.7. The van der Waals surface area contributed by atoms with E-state index in [9.17, 15) is 14.4 Å². The van der Waals surface area contributed by atoms with Crippen molar-refractivity contribution in [2.75, 3.05) is 0 Å². The van der Waals surface area contributed by atoms with Crippen molar-refractivity contribution in [2.24, 2.45) is 0 Å². The molecule has 1 aliphatic rings. The zero-order valence-electron chi connectivity index (χ0n) is 29.8. The number of ether oxygens (including phenoxy) is 7. The van der Waals surface area contributed by atoms with Crippen LogP contribution in [0.1, 0.15) is 40.8 Å². The van der Waals surface area contributed by atoms with Gasteiger partial charge in [0.15, 0.2) is 0 Å². The number of esters is 3. The smallest absolute Gasteiger partial charge is 0.353 e. The molecule has 0 aliphatic carbocycles. The topological polar surface area (TPSA) is 116 Å². The molecule has 1 heterocycles. The fourth-order valence-electron chi connectivity index (χ4n) is 5.97. The average molecular weight is 731 g/mol. The summed E-state index contributed by atoms with van der Waals surface area (Å²) in [5.41, 5.74) is 3.67. The van der Waals surface area contributed by atoms with Gasteiger partial charge >= 0.3 is 17.9 Å². The lowest BCUT2D eigenvalue weighted by atomic mass is 10.0. The minimum Gasteiger partial charge on any atom is -0.446 e. The van der Waals surface area contributed by atoms with Crippen molar-refractivity contribution in [2.45, 2.75) is 70.2 Å². The Morgan fingerprint density at radius 1 is 0.537 bits per heavy atom. The molecule has 0 unspecified atom stereocenters. The number of cyclic esters (lactones) is 1. The van der Waals surface area contributed by atoms with E-state index < -0.39 is 54.7 Å². The van der Waals surface area contributed by atoms with E-state index in [4.69, 9.17) is 33.2 Å². The fourth-order valence-corrected chi connectivity index (χ4v) is 5.97. The molecule has 1 saturated heterocycles. The molecule has 0 bridgehead atoms. The first-order chi connectivity index (χ1) is 26.4. The van der Waals surface area contributed by atoms with Crippen LogP contribution >= 0.6 is 0 Å². The third kappa shape index (κ3) is 10.7. The standard InChI is InChI=1S/C44H42O10/c1-31(45)52-37(36-25-15-6-16-26-36)42(46)53-40-38(48-27-32-17-7-2-8-18-32)39(49-28-33-19-9-3-10-20-33)41(50-29-34-21-11-4-12-22-34)44(54-43(40)47)51-30-35-23-13-5-14-24-35/h2-26,37-41,44H,27-30H2,1H3/t37-,38-,39-,40+,41+,44+/m0/s1. The van der Waals surface area contributed by atoms with Crippen LogP contribution in [0.15, 0.2) is 152 Å². The van der Waals surface area contributed by atoms with Crippen molar-refractivity contribution < 1.29 is 47.5 Å². The monoisotopic (exact) mass is 730 g/mol. The van der Waals surface area contributed by atoms with Crippen LogP contribution in [-0.2, 0) is 74.0 Å². The van der Waals surface area contributed by atoms with E-state index in [0.29, 0.717) is 5.56 Å². The number of hydrogen-bond donors (Lipinski definition) is 0. The normalized spacial score (nSPS) is 20.2. The molecule has 0 amide bonds. The third-order valence-corrected chi connectivity index (χ3v) is 8.64. The molecule has 10 nitrogen and oxygen atoms in total. The van der Waals surface area contributed by atoms with Crippen LogP contribution in [-0.4, -0.2) is 48.6 Å². The van der Waals surface area contributed by atoms with E-state index in [1.54, 1.807) is 30.3 Å². The summed E-state index contributed by atoms with van der Waals surface area (Å²) in [5.74, 6) is -2.67. The minimum absolute atomic E-state index is 0.0189. The molecule has 1 aliphatic heterocycles. The number of benzene rings is 5. The van der Waals surface area contributed by atoms with Gasteiger partial charge in [0, 0.05) is 12.5 Å². The van der Waals surface area contributed by atoms with Gasteiger partial charge in [-0.05, 0) is 22.3 Å². The first kappa shape index (κ1) is 38.1. The highest BCUT2D eigenvalue weighted by Crippen LogP contribution is 2.32. The van der Waals surface area contributed by atoms with Gasteiger partial charge in [0.2, 0.25) is 18.5 Å². The maximum Gasteiger partial charge on any atom is 0.353 e. The van der Waals surface area contributed by atoms with Crippen molar-refractivity contribution in [3.8, 4) is 0 Å². The van der Waals surface area contributed by atoms with Gasteiger partial charge in [-0.15, -0.1) is 0 Å². The number of hydrogen-bond acceptors (Lipinski definition) is 10. The second kappa shape index (κ2) is 19.4. The lowest BCUT2D eigenvalue weighted by molar-refractivity contribution is -0.239. The first-order valence-corrected chi connectivity index (χ1v) is 17.7. The van der Waals surface area contributed by atoms with Crippen LogP contribution in [0.3, 0.4) is 0 Å². The Balaban J connectivity index is 1.40. The molecular formula is C44H42O10. The summed E-state index contributed by atoms with van der Waals surface area (Å²) in [4.78, 5) is 40.6. The van der Waals surface area contributed by atoms with Crippen molar-refractivity contribution >= 4 is 17.9 Å². The van der Waals surface area contributed by atoms with E-state index >= 15 is 0 Å². The molecule has 278 valence electrons. The molecule has 10 heteroatoms. The maximum absolute atomic E-state index is 14.3. The Labute approximate surface area is 314 Å². The third-order valence-electron chi connectivity index (χ3n) is 8.64. The first-order valence-electron chi connectivity index (χ1n) is 17.7. The van der Waals surface area contributed by atoms with Gasteiger partial charge in [-0.25, -0.2) is 9.59 Å². The van der Waals surface area contributed by atoms with Crippen molar-refractivity contribution in [1.82, 2.24) is 0 Å². The van der Waals surface area contributed by atoms with Crippen LogP contribution in [0, 0.1) is 0 Å². The summed E-state index contributed by atoms with van der Waals surface area (Å²) in [6.45, 7) is 1.47. The fraction of sp³-hybridized carbons (Fsp3) is 0.250. The summed E-state index contributed by atoms with van der Waals surface area (Å²) in [7, 11) is 0. The molecule has 0 radical (unpaired) electrons. The van der Waals surface area contributed by atoms with Crippen molar-refractivity contribution in [1.29, 1.82) is 0 Å². The van der Waals surface area contributed by atoms with Crippen LogP contribution in [0.2, 0.25) is 0 Å². The maximum atomic E-state index is 14.3. The molecule has 0 saturated carbocycles. The van der Waals surface area contributed by atoms with Gasteiger partial charge in [-0.1, -0.05) is 152 Å². The van der Waals surface area contributed by atoms with E-state index in [0.717, 1.165) is 22.3 Å². The second-order valence-electron chi connectivity index (χ2n) is 12.6. The Hall–Kier alpha value is -5.65. The minimum atomic E-state index is -1.70. The zero-order chi connectivity index (χ0) is 37.5. The summed E-state index contributed by atoms with van der Waals surface area (Å²) in [5, 5.41) is 0. The number of carbonyl (C=O) groups is 3. The van der Waals surface area contributed by atoms with E-state index in [-0.39, 0.29) is 26.4 Å². The van der Waals surface area contributed by atoms with E-state index in [2.05, 4.69) is 0 Å². The lowest BCUT2D eigenvalue weighted by Crippen LogP contribution is -2.52. The van der Waals surface area contributed by atoms with Gasteiger partial charge in [-0.3, -0.25) is 4.79 Å². The molecular weight excluding hydrogens is 688 g/mol. The summed E-state index contributed by atoms with van der Waals surface area (Å²) in [6.07, 6.45) is -7.97. The average Bonchev–Trinajstić information content (AvgIpc) is 3.31. The van der Waals surface area contributed by atoms with E-state index in [1.165, 1.54) is 6.92 Å². The van der Waals surface area contributed by atoms with Crippen LogP contribution < -0.4 is 0 Å². The molecule has 6 atom stereocenters. The highest BCUT2D eigenvalue weighted by molar-refractivity contribution is 5.84. The lowest BCUT2D eigenvalue weighted by Gasteiger charge is -2.35. The number of carbonyl (C=O) groups excluding carboxylic acids is 3. The molecule has 5 aromatic rings. The Bertz CT molecular complexity index is 1890. The molecule has 0 aromatic heterocycles. The van der Waals surface area contributed by atoms with Crippen LogP contribution in [0.25, 0.3) is 0 Å². The van der Waals surface area contributed by atoms with Gasteiger partial charge in [0.25, 0.3) is 0 Å². The highest BCUT2D eigenvalue weighted by Gasteiger charge is 2.52. The van der Waals surface area contributed by atoms with Crippen LogP contribution in [0.4, 0.5) is 0 Å². The number of rotatable bonds is 16. The van der Waals surface area contributed by atoms with Crippen molar-refractivity contribution in [3.63, 3.8) is 0 Å². The molecule has 6 rings (SSSR count). The molecule has 0 spiro atoms. The SMILES string of the molecule is CC(=O)O[C@H](C(=O)O[C@H]1C(=O)O[C@@H](OCc2ccccc2)[C@H](OCc2ccccc2)[C@@H](OCc2ccccc2)[C@@H]1OCc1ccccc1)c1ccccc1. The second-order valence-corrected chi connectivity index (χ2v) is 12.6. The Morgan fingerprint density at radius 3 is 1.37 bits per heavy atom. The highest BCUT2D eigenvalue weighted by atomic mass is 16.7. The quantitative estimate of drug-likeness (QED) is 0.0772. The Morgan fingerprint density at radius 2 is 0.926 bits per heavy atom. The summed E-state index contributed by atoms with van der Waals surface area (Å²) >= 11 is 0. The predicted molar refractivity (Wildman–Crippen MR) is 197 cm³/mol. The summed E-state index contributed by atoms with van der Waals surface area (Å²) in [6, 6.07) is 46.2. The van der Waals surface area contributed by atoms with Gasteiger partial charge in [-0.2, -0.15) is 0 Å². The predicted octanol–water partition coefficient (Wildman–Crippen LogP) is 7.06. The molecule has 0 N–H and O–H groups in total. The molecule has 5 aromatic carbocycles.